The van der Waals surface area contributed by atoms with Crippen molar-refractivity contribution in [2.45, 2.75) is 11.8 Å². The van der Waals surface area contributed by atoms with Crippen LogP contribution in [-0.2, 0) is 14.9 Å². The van der Waals surface area contributed by atoms with Gasteiger partial charge in [-0.3, -0.25) is 4.79 Å². The highest BCUT2D eigenvalue weighted by Crippen LogP contribution is 2.37. The van der Waals surface area contributed by atoms with Gasteiger partial charge in [0, 0.05) is 25.0 Å². The highest BCUT2D eigenvalue weighted by atomic mass is 79.9. The van der Waals surface area contributed by atoms with E-state index in [0.29, 0.717) is 19.6 Å². The quantitative estimate of drug-likeness (QED) is 0.630. The molecule has 0 aliphatic carbocycles. The second kappa shape index (κ2) is 5.84. The van der Waals surface area contributed by atoms with Crippen molar-refractivity contribution in [3.8, 4) is 0 Å². The molecule has 0 radical (unpaired) electrons. The zero-order chi connectivity index (χ0) is 13.9. The first-order valence-corrected chi connectivity index (χ1v) is 6.88. The second-order valence-electron chi connectivity index (χ2n) is 5.06. The lowest BCUT2D eigenvalue weighted by Gasteiger charge is -2.41. The zero-order valence-corrected chi connectivity index (χ0v) is 12.7. The fourth-order valence-electron chi connectivity index (χ4n) is 2.05. The number of carbonyl (C=O) groups excluding carboxylic acids is 1. The van der Waals surface area contributed by atoms with Crippen LogP contribution in [0.3, 0.4) is 0 Å². The number of carbonyl (C=O) groups is 1. The summed E-state index contributed by atoms with van der Waals surface area (Å²) < 4.78 is 6.34. The summed E-state index contributed by atoms with van der Waals surface area (Å²) in [5, 5.41) is 0. The summed E-state index contributed by atoms with van der Waals surface area (Å²) in [4.78, 5) is 17.6. The number of halogens is 1. The molecule has 1 aromatic rings. The Morgan fingerprint density at radius 2 is 2.26 bits per heavy atom. The topological polar surface area (TPSA) is 41.9 Å². The number of rotatable bonds is 4. The summed E-state index contributed by atoms with van der Waals surface area (Å²) in [6.45, 7) is 1.15. The van der Waals surface area contributed by atoms with Crippen molar-refractivity contribution in [2.75, 3.05) is 27.3 Å². The van der Waals surface area contributed by atoms with Gasteiger partial charge in [0.05, 0.1) is 25.0 Å². The summed E-state index contributed by atoms with van der Waals surface area (Å²) in [6.07, 6.45) is 1.92. The molecule has 0 unspecified atom stereocenters. The van der Waals surface area contributed by atoms with Crippen LogP contribution in [0.5, 0.6) is 0 Å². The summed E-state index contributed by atoms with van der Waals surface area (Å²) in [5.41, 5.74) is 0.909. The van der Waals surface area contributed by atoms with Crippen LogP contribution >= 0.6 is 15.9 Å². The molecule has 1 aliphatic rings. The molecular weight excluding hydrogens is 308 g/mol. The SMILES string of the molecule is CN(C)/C=N/C(=O)CC1(c2cccc(Br)c2)COC1. The number of ether oxygens (including phenoxy) is 1. The first-order chi connectivity index (χ1) is 9.02. The first-order valence-electron chi connectivity index (χ1n) is 6.09. The largest absolute Gasteiger partial charge is 0.379 e. The molecule has 1 amide bonds. The van der Waals surface area contributed by atoms with Crippen LogP contribution in [0.1, 0.15) is 12.0 Å². The molecule has 2 rings (SSSR count). The normalized spacial score (nSPS) is 17.2. The fraction of sp³-hybridized carbons (Fsp3) is 0.429. The Balaban J connectivity index is 2.13. The average Bonchev–Trinajstić information content (AvgIpc) is 2.31. The van der Waals surface area contributed by atoms with E-state index in [4.69, 9.17) is 4.74 Å². The molecular formula is C14H17BrN2O2. The van der Waals surface area contributed by atoms with E-state index in [1.807, 2.05) is 38.4 Å². The van der Waals surface area contributed by atoms with Gasteiger partial charge < -0.3 is 9.64 Å². The van der Waals surface area contributed by atoms with Crippen molar-refractivity contribution >= 4 is 28.2 Å². The van der Waals surface area contributed by atoms with Crippen LogP contribution in [0.2, 0.25) is 0 Å². The highest BCUT2D eigenvalue weighted by molar-refractivity contribution is 9.10. The van der Waals surface area contributed by atoms with Crippen molar-refractivity contribution in [3.63, 3.8) is 0 Å². The molecule has 0 bridgehead atoms. The molecule has 1 saturated heterocycles. The van der Waals surface area contributed by atoms with Crippen molar-refractivity contribution in [3.05, 3.63) is 34.3 Å². The van der Waals surface area contributed by atoms with Gasteiger partial charge in [0.1, 0.15) is 0 Å². The Morgan fingerprint density at radius 1 is 1.53 bits per heavy atom. The van der Waals surface area contributed by atoms with Crippen LogP contribution in [0.25, 0.3) is 0 Å². The van der Waals surface area contributed by atoms with Gasteiger partial charge >= 0.3 is 0 Å². The molecule has 19 heavy (non-hydrogen) atoms. The van der Waals surface area contributed by atoms with Crippen molar-refractivity contribution in [2.24, 2.45) is 4.99 Å². The summed E-state index contributed by atoms with van der Waals surface area (Å²) in [7, 11) is 3.68. The third-order valence-corrected chi connectivity index (χ3v) is 3.61. The predicted molar refractivity (Wildman–Crippen MR) is 78.4 cm³/mol. The minimum Gasteiger partial charge on any atom is -0.379 e. The van der Waals surface area contributed by atoms with Crippen LogP contribution in [-0.4, -0.2) is 44.5 Å². The molecule has 0 N–H and O–H groups in total. The number of aliphatic imine (C=N–C) groups is 1. The van der Waals surface area contributed by atoms with E-state index in [2.05, 4.69) is 20.9 Å². The predicted octanol–water partition coefficient (Wildman–Crippen LogP) is 2.22. The van der Waals surface area contributed by atoms with E-state index in [1.54, 1.807) is 4.90 Å². The second-order valence-corrected chi connectivity index (χ2v) is 5.98. The Labute approximate surface area is 121 Å². The molecule has 0 spiro atoms. The average molecular weight is 325 g/mol. The van der Waals surface area contributed by atoms with Crippen LogP contribution in [0, 0.1) is 0 Å². The summed E-state index contributed by atoms with van der Waals surface area (Å²) in [5.74, 6) is -0.114. The lowest BCUT2D eigenvalue weighted by Crippen LogP contribution is -2.48. The molecule has 0 aromatic heterocycles. The van der Waals surface area contributed by atoms with E-state index in [1.165, 1.54) is 6.34 Å². The van der Waals surface area contributed by atoms with Crippen molar-refractivity contribution in [1.82, 2.24) is 4.90 Å². The molecule has 0 atom stereocenters. The van der Waals surface area contributed by atoms with Gasteiger partial charge in [0.2, 0.25) is 5.91 Å². The van der Waals surface area contributed by atoms with E-state index in [0.717, 1.165) is 10.0 Å². The van der Waals surface area contributed by atoms with E-state index in [-0.39, 0.29) is 11.3 Å². The maximum atomic E-state index is 11.9. The minimum atomic E-state index is -0.218. The molecule has 1 aliphatic heterocycles. The molecule has 102 valence electrons. The molecule has 1 fully saturated rings. The molecule has 0 saturated carbocycles. The van der Waals surface area contributed by atoms with Gasteiger partial charge in [0.15, 0.2) is 0 Å². The summed E-state index contributed by atoms with van der Waals surface area (Å²) in [6, 6.07) is 8.04. The molecule has 4 nitrogen and oxygen atoms in total. The number of amides is 1. The Kier molecular flexibility index (Phi) is 4.37. The maximum absolute atomic E-state index is 11.9. The Bertz CT molecular complexity index is 496. The third kappa shape index (κ3) is 3.42. The van der Waals surface area contributed by atoms with Gasteiger partial charge in [-0.2, -0.15) is 0 Å². The van der Waals surface area contributed by atoms with Crippen LogP contribution in [0.4, 0.5) is 0 Å². The zero-order valence-electron chi connectivity index (χ0n) is 11.1. The lowest BCUT2D eigenvalue weighted by atomic mass is 9.76. The van der Waals surface area contributed by atoms with Crippen molar-refractivity contribution in [1.29, 1.82) is 0 Å². The molecule has 1 heterocycles. The van der Waals surface area contributed by atoms with Gasteiger partial charge in [0.25, 0.3) is 0 Å². The lowest BCUT2D eigenvalue weighted by molar-refractivity contribution is -0.126. The van der Waals surface area contributed by atoms with E-state index >= 15 is 0 Å². The Morgan fingerprint density at radius 3 is 2.79 bits per heavy atom. The number of hydrogen-bond acceptors (Lipinski definition) is 2. The number of hydrogen-bond donors (Lipinski definition) is 0. The maximum Gasteiger partial charge on any atom is 0.248 e. The van der Waals surface area contributed by atoms with Gasteiger partial charge in [-0.1, -0.05) is 28.1 Å². The van der Waals surface area contributed by atoms with Gasteiger partial charge in [-0.25, -0.2) is 4.99 Å². The third-order valence-electron chi connectivity index (χ3n) is 3.12. The van der Waals surface area contributed by atoms with E-state index < -0.39 is 0 Å². The smallest absolute Gasteiger partial charge is 0.248 e. The highest BCUT2D eigenvalue weighted by Gasteiger charge is 2.42. The Hall–Kier alpha value is -1.20. The van der Waals surface area contributed by atoms with E-state index in [9.17, 15) is 4.79 Å². The van der Waals surface area contributed by atoms with Crippen LogP contribution < -0.4 is 0 Å². The number of benzene rings is 1. The molecule has 5 heteroatoms. The van der Waals surface area contributed by atoms with Crippen molar-refractivity contribution < 1.29 is 9.53 Å². The van der Waals surface area contributed by atoms with Gasteiger partial charge in [-0.05, 0) is 17.7 Å². The summed E-state index contributed by atoms with van der Waals surface area (Å²) >= 11 is 3.46. The molecule has 1 aromatic carbocycles. The number of nitrogens with zero attached hydrogens (tertiary/aromatic N) is 2. The first kappa shape index (κ1) is 14.2. The minimum absolute atomic E-state index is 0.114. The standard InChI is InChI=1S/C14H17BrN2O2/c1-17(2)10-16-13(18)7-14(8-19-9-14)11-4-3-5-12(15)6-11/h3-6,10H,7-9H2,1-2H3/b16-10+. The fourth-order valence-corrected chi connectivity index (χ4v) is 2.45. The monoisotopic (exact) mass is 324 g/mol. The van der Waals surface area contributed by atoms with Crippen LogP contribution in [0.15, 0.2) is 33.7 Å². The van der Waals surface area contributed by atoms with Gasteiger partial charge in [-0.15, -0.1) is 0 Å².